The van der Waals surface area contributed by atoms with Crippen LogP contribution in [0.4, 0.5) is 0 Å². The van der Waals surface area contributed by atoms with Gasteiger partial charge in [0.05, 0.1) is 17.0 Å². The van der Waals surface area contributed by atoms with E-state index in [1.54, 1.807) is 6.92 Å². The molecular formula is C14H19NO3S. The zero-order valence-electron chi connectivity index (χ0n) is 11.5. The van der Waals surface area contributed by atoms with Gasteiger partial charge in [-0.15, -0.1) is 0 Å². The topological polar surface area (TPSA) is 63.2 Å². The van der Waals surface area contributed by atoms with Crippen LogP contribution in [0.5, 0.6) is 0 Å². The number of aryl methyl sites for hydroxylation is 2. The molecule has 1 fully saturated rings. The van der Waals surface area contributed by atoms with Crippen LogP contribution in [0.2, 0.25) is 0 Å². The fourth-order valence-corrected chi connectivity index (χ4v) is 4.52. The summed E-state index contributed by atoms with van der Waals surface area (Å²) >= 11 is 0. The fourth-order valence-electron chi connectivity index (χ4n) is 2.43. The molecule has 0 spiro atoms. The van der Waals surface area contributed by atoms with Crippen LogP contribution in [0.15, 0.2) is 18.2 Å². The van der Waals surface area contributed by atoms with Crippen molar-refractivity contribution >= 4 is 15.7 Å². The van der Waals surface area contributed by atoms with Crippen LogP contribution < -0.4 is 5.32 Å². The second kappa shape index (κ2) is 4.63. The van der Waals surface area contributed by atoms with Crippen molar-refractivity contribution in [1.82, 2.24) is 5.32 Å². The number of carbonyl (C=O) groups is 1. The van der Waals surface area contributed by atoms with Gasteiger partial charge in [0, 0.05) is 5.56 Å². The van der Waals surface area contributed by atoms with Crippen molar-refractivity contribution in [2.45, 2.75) is 32.7 Å². The van der Waals surface area contributed by atoms with Crippen LogP contribution in [0.25, 0.3) is 0 Å². The number of carbonyl (C=O) groups excluding carboxylic acids is 1. The summed E-state index contributed by atoms with van der Waals surface area (Å²) in [5.74, 6) is -0.0199. The molecule has 19 heavy (non-hydrogen) atoms. The molecule has 1 saturated heterocycles. The molecule has 104 valence electrons. The van der Waals surface area contributed by atoms with Crippen LogP contribution >= 0.6 is 0 Å². The summed E-state index contributed by atoms with van der Waals surface area (Å²) in [5, 5.41) is 2.88. The van der Waals surface area contributed by atoms with E-state index >= 15 is 0 Å². The van der Waals surface area contributed by atoms with Gasteiger partial charge in [-0.25, -0.2) is 8.42 Å². The van der Waals surface area contributed by atoms with Gasteiger partial charge in [0.25, 0.3) is 5.91 Å². The van der Waals surface area contributed by atoms with Crippen molar-refractivity contribution in [3.63, 3.8) is 0 Å². The van der Waals surface area contributed by atoms with Crippen LogP contribution in [0.1, 0.15) is 34.8 Å². The molecule has 0 aromatic heterocycles. The lowest BCUT2D eigenvalue weighted by Gasteiger charge is -2.24. The molecule has 1 aliphatic heterocycles. The van der Waals surface area contributed by atoms with E-state index in [1.165, 1.54) is 0 Å². The predicted molar refractivity (Wildman–Crippen MR) is 75.1 cm³/mol. The van der Waals surface area contributed by atoms with Gasteiger partial charge in [0.1, 0.15) is 0 Å². The molecule has 1 amide bonds. The van der Waals surface area contributed by atoms with Crippen molar-refractivity contribution in [1.29, 1.82) is 0 Å². The smallest absolute Gasteiger partial charge is 0.252 e. The van der Waals surface area contributed by atoms with Crippen molar-refractivity contribution in [2.75, 3.05) is 11.5 Å². The highest BCUT2D eigenvalue weighted by atomic mass is 32.2. The highest BCUT2D eigenvalue weighted by Crippen LogP contribution is 2.23. The van der Waals surface area contributed by atoms with Crippen molar-refractivity contribution in [3.05, 3.63) is 34.9 Å². The predicted octanol–water partition coefficient (Wildman–Crippen LogP) is 1.61. The first-order valence-electron chi connectivity index (χ1n) is 6.31. The minimum absolute atomic E-state index is 0.0244. The largest absolute Gasteiger partial charge is 0.346 e. The maximum absolute atomic E-state index is 12.3. The number of hydrogen-bond donors (Lipinski definition) is 1. The minimum atomic E-state index is -3.01. The summed E-state index contributed by atoms with van der Waals surface area (Å²) in [6.07, 6.45) is 0.478. The van der Waals surface area contributed by atoms with Gasteiger partial charge in [-0.1, -0.05) is 17.7 Å². The van der Waals surface area contributed by atoms with Crippen LogP contribution in [-0.4, -0.2) is 31.4 Å². The SMILES string of the molecule is Cc1ccc(C)c(C(=O)N[C@]2(C)CCS(=O)(=O)C2)c1. The summed E-state index contributed by atoms with van der Waals surface area (Å²) in [5.41, 5.74) is 1.88. The van der Waals surface area contributed by atoms with Gasteiger partial charge in [0.15, 0.2) is 9.84 Å². The Balaban J connectivity index is 2.20. The van der Waals surface area contributed by atoms with E-state index in [2.05, 4.69) is 5.32 Å². The van der Waals surface area contributed by atoms with E-state index in [1.807, 2.05) is 32.0 Å². The third-order valence-corrected chi connectivity index (χ3v) is 5.46. The van der Waals surface area contributed by atoms with E-state index in [0.29, 0.717) is 12.0 Å². The van der Waals surface area contributed by atoms with E-state index < -0.39 is 15.4 Å². The minimum Gasteiger partial charge on any atom is -0.346 e. The van der Waals surface area contributed by atoms with E-state index in [9.17, 15) is 13.2 Å². The molecule has 0 unspecified atom stereocenters. The molecule has 1 aromatic carbocycles. The molecule has 0 saturated carbocycles. The first kappa shape index (κ1) is 14.1. The summed E-state index contributed by atoms with van der Waals surface area (Å²) in [4.78, 5) is 12.3. The van der Waals surface area contributed by atoms with Gasteiger partial charge >= 0.3 is 0 Å². The molecule has 1 aromatic rings. The second-order valence-corrected chi connectivity index (χ2v) is 7.86. The Kier molecular flexibility index (Phi) is 3.43. The zero-order chi connectivity index (χ0) is 14.3. The van der Waals surface area contributed by atoms with Crippen molar-refractivity contribution < 1.29 is 13.2 Å². The highest BCUT2D eigenvalue weighted by Gasteiger charge is 2.39. The van der Waals surface area contributed by atoms with Crippen LogP contribution in [-0.2, 0) is 9.84 Å². The summed E-state index contributed by atoms with van der Waals surface area (Å²) in [6.45, 7) is 5.60. The first-order chi connectivity index (χ1) is 8.71. The summed E-state index contributed by atoms with van der Waals surface area (Å²) < 4.78 is 23.1. The zero-order valence-corrected chi connectivity index (χ0v) is 12.3. The number of hydrogen-bond acceptors (Lipinski definition) is 3. The molecule has 1 heterocycles. The maximum atomic E-state index is 12.3. The molecule has 2 rings (SSSR count). The van der Waals surface area contributed by atoms with Gasteiger partial charge < -0.3 is 5.32 Å². The molecule has 1 atom stereocenters. The number of rotatable bonds is 2. The quantitative estimate of drug-likeness (QED) is 0.896. The average molecular weight is 281 g/mol. The Morgan fingerprint density at radius 2 is 2.00 bits per heavy atom. The Morgan fingerprint density at radius 3 is 2.58 bits per heavy atom. The standard InChI is InChI=1S/C14H19NO3S/c1-10-4-5-11(2)12(8-10)13(16)15-14(3)6-7-19(17,18)9-14/h4-5,8H,6-7,9H2,1-3H3,(H,15,16)/t14-/m1/s1. The van der Waals surface area contributed by atoms with Crippen molar-refractivity contribution in [3.8, 4) is 0 Å². The Labute approximate surface area is 114 Å². The maximum Gasteiger partial charge on any atom is 0.252 e. The summed E-state index contributed by atoms with van der Waals surface area (Å²) in [7, 11) is -3.01. The van der Waals surface area contributed by atoms with Crippen molar-refractivity contribution in [2.24, 2.45) is 0 Å². The summed E-state index contributed by atoms with van der Waals surface area (Å²) in [6, 6.07) is 5.68. The Hall–Kier alpha value is -1.36. The lowest BCUT2D eigenvalue weighted by molar-refractivity contribution is 0.0914. The molecule has 1 N–H and O–H groups in total. The van der Waals surface area contributed by atoms with Gasteiger partial charge in [-0.3, -0.25) is 4.79 Å². The molecule has 4 nitrogen and oxygen atoms in total. The Bertz CT molecular complexity index is 622. The molecular weight excluding hydrogens is 262 g/mol. The average Bonchev–Trinajstić information content (AvgIpc) is 2.56. The molecule has 0 bridgehead atoms. The lowest BCUT2D eigenvalue weighted by Crippen LogP contribution is -2.47. The fraction of sp³-hybridized carbons (Fsp3) is 0.500. The van der Waals surface area contributed by atoms with E-state index in [0.717, 1.165) is 11.1 Å². The molecule has 1 aliphatic rings. The van der Waals surface area contributed by atoms with Gasteiger partial charge in [-0.2, -0.15) is 0 Å². The number of amides is 1. The number of sulfone groups is 1. The normalized spacial score (nSPS) is 25.2. The van der Waals surface area contributed by atoms with E-state index in [4.69, 9.17) is 0 Å². The lowest BCUT2D eigenvalue weighted by atomic mass is 9.99. The third-order valence-electron chi connectivity index (χ3n) is 3.56. The molecule has 5 heteroatoms. The van der Waals surface area contributed by atoms with Crippen LogP contribution in [0.3, 0.4) is 0 Å². The van der Waals surface area contributed by atoms with Crippen LogP contribution in [0, 0.1) is 13.8 Å². The van der Waals surface area contributed by atoms with Gasteiger partial charge in [-0.05, 0) is 38.8 Å². The second-order valence-electron chi connectivity index (χ2n) is 5.68. The highest BCUT2D eigenvalue weighted by molar-refractivity contribution is 7.91. The monoisotopic (exact) mass is 281 g/mol. The van der Waals surface area contributed by atoms with E-state index in [-0.39, 0.29) is 17.4 Å². The number of nitrogens with one attached hydrogen (secondary N) is 1. The molecule has 0 aliphatic carbocycles. The number of benzene rings is 1. The third kappa shape index (κ3) is 3.15. The molecule has 0 radical (unpaired) electrons. The van der Waals surface area contributed by atoms with Gasteiger partial charge in [0.2, 0.25) is 0 Å². The Morgan fingerprint density at radius 1 is 1.32 bits per heavy atom. The first-order valence-corrected chi connectivity index (χ1v) is 8.13.